The lowest BCUT2D eigenvalue weighted by molar-refractivity contribution is -0.136. The Hall–Kier alpha value is -2.69. The molecule has 0 aromatic heterocycles. The molecule has 0 aliphatic rings. The summed E-state index contributed by atoms with van der Waals surface area (Å²) in [5.41, 5.74) is 1.81. The maximum Gasteiger partial charge on any atom is 0.307 e. The van der Waals surface area contributed by atoms with E-state index in [2.05, 4.69) is 5.32 Å². The molecule has 0 saturated carbocycles. The number of carbonyl (C=O) groups is 2. The quantitative estimate of drug-likeness (QED) is 0.908. The number of carboxylic acid groups (broad SMARTS) is 1. The van der Waals surface area contributed by atoms with Crippen molar-refractivity contribution in [2.45, 2.75) is 13.3 Å². The van der Waals surface area contributed by atoms with E-state index in [9.17, 15) is 14.0 Å². The molecule has 0 radical (unpaired) electrons. The summed E-state index contributed by atoms with van der Waals surface area (Å²) in [5.74, 6) is -2.04. The van der Waals surface area contributed by atoms with Crippen molar-refractivity contribution in [3.05, 3.63) is 65.0 Å². The summed E-state index contributed by atoms with van der Waals surface area (Å²) >= 11 is 0. The third-order valence-electron chi connectivity index (χ3n) is 2.94. The molecule has 108 valence electrons. The second-order valence-corrected chi connectivity index (χ2v) is 4.70. The molecule has 0 bridgehead atoms. The van der Waals surface area contributed by atoms with Gasteiger partial charge in [0.2, 0.25) is 0 Å². The van der Waals surface area contributed by atoms with Crippen LogP contribution in [0.1, 0.15) is 21.5 Å². The number of amides is 1. The van der Waals surface area contributed by atoms with E-state index in [-0.39, 0.29) is 12.0 Å². The highest BCUT2D eigenvalue weighted by Crippen LogP contribution is 2.14. The maximum absolute atomic E-state index is 13.7. The van der Waals surface area contributed by atoms with Gasteiger partial charge in [0, 0.05) is 5.69 Å². The molecule has 1 amide bonds. The fourth-order valence-electron chi connectivity index (χ4n) is 1.88. The summed E-state index contributed by atoms with van der Waals surface area (Å²) in [6, 6.07) is 10.8. The van der Waals surface area contributed by atoms with Gasteiger partial charge in [-0.25, -0.2) is 4.39 Å². The Morgan fingerprint density at radius 2 is 1.81 bits per heavy atom. The number of benzene rings is 2. The van der Waals surface area contributed by atoms with Crippen LogP contribution in [0.2, 0.25) is 0 Å². The Labute approximate surface area is 121 Å². The average Bonchev–Trinajstić information content (AvgIpc) is 2.40. The third kappa shape index (κ3) is 3.89. The minimum Gasteiger partial charge on any atom is -0.481 e. The molecule has 21 heavy (non-hydrogen) atoms. The van der Waals surface area contributed by atoms with E-state index in [1.54, 1.807) is 37.3 Å². The topological polar surface area (TPSA) is 66.4 Å². The number of rotatable bonds is 4. The molecule has 2 N–H and O–H groups in total. The van der Waals surface area contributed by atoms with Crippen LogP contribution in [-0.2, 0) is 11.2 Å². The lowest BCUT2D eigenvalue weighted by Crippen LogP contribution is -2.13. The molecule has 0 unspecified atom stereocenters. The smallest absolute Gasteiger partial charge is 0.307 e. The fourth-order valence-corrected chi connectivity index (χ4v) is 1.88. The molecule has 4 nitrogen and oxygen atoms in total. The molecular formula is C16H14FNO3. The number of hydrogen-bond donors (Lipinski definition) is 2. The van der Waals surface area contributed by atoms with Crippen LogP contribution >= 0.6 is 0 Å². The first-order valence-electron chi connectivity index (χ1n) is 6.34. The number of aryl methyl sites for hydroxylation is 1. The van der Waals surface area contributed by atoms with Crippen LogP contribution < -0.4 is 5.32 Å². The molecule has 0 fully saturated rings. The molecule has 0 atom stereocenters. The lowest BCUT2D eigenvalue weighted by Gasteiger charge is -2.07. The predicted octanol–water partition coefficient (Wildman–Crippen LogP) is 3.01. The summed E-state index contributed by atoms with van der Waals surface area (Å²) < 4.78 is 13.7. The van der Waals surface area contributed by atoms with Crippen molar-refractivity contribution in [1.29, 1.82) is 0 Å². The molecular weight excluding hydrogens is 273 g/mol. The first-order chi connectivity index (χ1) is 9.95. The van der Waals surface area contributed by atoms with Crippen LogP contribution in [0, 0.1) is 12.7 Å². The number of carbonyl (C=O) groups excluding carboxylic acids is 1. The Bertz CT molecular complexity index is 680. The van der Waals surface area contributed by atoms with Crippen molar-refractivity contribution in [3.63, 3.8) is 0 Å². The van der Waals surface area contributed by atoms with Crippen molar-refractivity contribution >= 4 is 17.6 Å². The van der Waals surface area contributed by atoms with Crippen LogP contribution in [-0.4, -0.2) is 17.0 Å². The van der Waals surface area contributed by atoms with E-state index in [0.717, 1.165) is 5.56 Å². The monoisotopic (exact) mass is 287 g/mol. The number of hydrogen-bond acceptors (Lipinski definition) is 2. The Balaban J connectivity index is 2.10. The number of carboxylic acids is 1. The zero-order chi connectivity index (χ0) is 15.4. The van der Waals surface area contributed by atoms with Crippen molar-refractivity contribution in [2.75, 3.05) is 5.32 Å². The second kappa shape index (κ2) is 6.17. The molecule has 2 aromatic rings. The number of anilines is 1. The molecule has 0 aliphatic heterocycles. The summed E-state index contributed by atoms with van der Waals surface area (Å²) in [6.07, 6.45) is -0.0825. The highest BCUT2D eigenvalue weighted by atomic mass is 19.1. The van der Waals surface area contributed by atoms with Crippen molar-refractivity contribution in [2.24, 2.45) is 0 Å². The van der Waals surface area contributed by atoms with Crippen LogP contribution in [0.25, 0.3) is 0 Å². The molecule has 0 heterocycles. The molecule has 0 spiro atoms. The van der Waals surface area contributed by atoms with Gasteiger partial charge in [0.05, 0.1) is 12.0 Å². The van der Waals surface area contributed by atoms with Gasteiger partial charge in [-0.1, -0.05) is 18.2 Å². The van der Waals surface area contributed by atoms with Gasteiger partial charge in [0.15, 0.2) is 0 Å². The number of aliphatic carboxylic acids is 1. The van der Waals surface area contributed by atoms with E-state index in [1.807, 2.05) is 0 Å². The molecule has 5 heteroatoms. The van der Waals surface area contributed by atoms with Gasteiger partial charge in [0.1, 0.15) is 5.82 Å². The van der Waals surface area contributed by atoms with Crippen molar-refractivity contribution < 1.29 is 19.1 Å². The van der Waals surface area contributed by atoms with Crippen LogP contribution in [0.5, 0.6) is 0 Å². The SMILES string of the molecule is Cc1ccc(C(=O)Nc2ccc(CC(=O)O)cc2)c(F)c1. The van der Waals surface area contributed by atoms with Gasteiger partial charge >= 0.3 is 5.97 Å². The summed E-state index contributed by atoms with van der Waals surface area (Å²) in [7, 11) is 0. The fraction of sp³-hybridized carbons (Fsp3) is 0.125. The Morgan fingerprint density at radius 1 is 1.14 bits per heavy atom. The summed E-state index contributed by atoms with van der Waals surface area (Å²) in [6.45, 7) is 1.74. The van der Waals surface area contributed by atoms with Gasteiger partial charge in [-0.3, -0.25) is 9.59 Å². The van der Waals surface area contributed by atoms with E-state index in [1.165, 1.54) is 12.1 Å². The average molecular weight is 287 g/mol. The van der Waals surface area contributed by atoms with Gasteiger partial charge in [-0.05, 0) is 42.3 Å². The first-order valence-corrected chi connectivity index (χ1v) is 6.34. The van der Waals surface area contributed by atoms with Gasteiger partial charge in [0.25, 0.3) is 5.91 Å². The van der Waals surface area contributed by atoms with E-state index in [0.29, 0.717) is 11.3 Å². The Kier molecular flexibility index (Phi) is 4.33. The predicted molar refractivity (Wildman–Crippen MR) is 76.9 cm³/mol. The van der Waals surface area contributed by atoms with Crippen LogP contribution in [0.4, 0.5) is 10.1 Å². The van der Waals surface area contributed by atoms with Gasteiger partial charge < -0.3 is 10.4 Å². The zero-order valence-electron chi connectivity index (χ0n) is 11.4. The van der Waals surface area contributed by atoms with E-state index in [4.69, 9.17) is 5.11 Å². The highest BCUT2D eigenvalue weighted by molar-refractivity contribution is 6.04. The normalized spacial score (nSPS) is 10.2. The molecule has 0 aliphatic carbocycles. The number of nitrogens with one attached hydrogen (secondary N) is 1. The molecule has 2 aromatic carbocycles. The third-order valence-corrected chi connectivity index (χ3v) is 2.94. The van der Waals surface area contributed by atoms with E-state index >= 15 is 0 Å². The lowest BCUT2D eigenvalue weighted by atomic mass is 10.1. The Morgan fingerprint density at radius 3 is 2.38 bits per heavy atom. The molecule has 0 saturated heterocycles. The summed E-state index contributed by atoms with van der Waals surface area (Å²) in [5, 5.41) is 11.2. The van der Waals surface area contributed by atoms with Crippen LogP contribution in [0.15, 0.2) is 42.5 Å². The van der Waals surface area contributed by atoms with Crippen molar-refractivity contribution in [3.8, 4) is 0 Å². The molecule has 2 rings (SSSR count). The largest absolute Gasteiger partial charge is 0.481 e. The van der Waals surface area contributed by atoms with Crippen molar-refractivity contribution in [1.82, 2.24) is 0 Å². The second-order valence-electron chi connectivity index (χ2n) is 4.70. The highest BCUT2D eigenvalue weighted by Gasteiger charge is 2.11. The number of halogens is 1. The minimum absolute atomic E-state index is 0.0322. The van der Waals surface area contributed by atoms with Crippen LogP contribution in [0.3, 0.4) is 0 Å². The first kappa shape index (κ1) is 14.7. The van der Waals surface area contributed by atoms with Gasteiger partial charge in [-0.15, -0.1) is 0 Å². The minimum atomic E-state index is -0.923. The standard InChI is InChI=1S/C16H14FNO3/c1-10-2-7-13(14(17)8-10)16(21)18-12-5-3-11(4-6-12)9-15(19)20/h2-8H,9H2,1H3,(H,18,21)(H,19,20). The maximum atomic E-state index is 13.7. The zero-order valence-corrected chi connectivity index (χ0v) is 11.4. The van der Waals surface area contributed by atoms with E-state index < -0.39 is 17.7 Å². The van der Waals surface area contributed by atoms with Gasteiger partial charge in [-0.2, -0.15) is 0 Å². The summed E-state index contributed by atoms with van der Waals surface area (Å²) in [4.78, 5) is 22.5.